The normalized spacial score (nSPS) is 17.6. The molecular weight excluding hydrogens is 196 g/mol. The summed E-state index contributed by atoms with van der Waals surface area (Å²) in [5, 5.41) is 0. The molecule has 7 heteroatoms. The van der Waals surface area contributed by atoms with Gasteiger partial charge in [0.25, 0.3) is 5.88 Å². The lowest BCUT2D eigenvalue weighted by atomic mass is 10.5. The molecule has 6 nitrogen and oxygen atoms in total. The van der Waals surface area contributed by atoms with E-state index >= 15 is 0 Å². The van der Waals surface area contributed by atoms with E-state index in [1.54, 1.807) is 4.57 Å². The van der Waals surface area contributed by atoms with E-state index in [0.717, 1.165) is 6.42 Å². The Morgan fingerprint density at radius 2 is 2.31 bits per heavy atom. The molecule has 0 saturated carbocycles. The number of aromatic nitrogens is 2. The van der Waals surface area contributed by atoms with Gasteiger partial charge in [-0.05, 0) is 6.42 Å². The number of fused-ring (bicyclic) bond motifs is 2. The minimum absolute atomic E-state index is 0.0645. The van der Waals surface area contributed by atoms with Gasteiger partial charge in [-0.25, -0.2) is 0 Å². The first kappa shape index (κ1) is 8.36. The molecule has 1 aromatic heterocycles. The van der Waals surface area contributed by atoms with Crippen LogP contribution in [0.1, 0.15) is 13.3 Å². The number of nitrogens with zero attached hydrogens (tertiary/aromatic N) is 2. The molecule has 2 bridgehead atoms. The van der Waals surface area contributed by atoms with E-state index < -0.39 is 10.4 Å². The zero-order chi connectivity index (χ0) is 9.47. The SMILES string of the molecule is CCCn1cc2nc1OS(=O)(=O)O2. The van der Waals surface area contributed by atoms with E-state index in [-0.39, 0.29) is 11.9 Å². The Morgan fingerprint density at radius 3 is 3.00 bits per heavy atom. The maximum absolute atomic E-state index is 10.9. The second kappa shape index (κ2) is 2.63. The van der Waals surface area contributed by atoms with Crippen LogP contribution in [0.4, 0.5) is 0 Å². The standard InChI is InChI=1S/C6H8N2O4S/c1-2-3-8-4-5-7-6(8)12-13(9,10)11-5/h4H,2-3H2,1H3. The molecule has 0 unspecified atom stereocenters. The summed E-state index contributed by atoms with van der Waals surface area (Å²) in [6, 6.07) is 0.0723. The lowest BCUT2D eigenvalue weighted by Crippen LogP contribution is -2.20. The van der Waals surface area contributed by atoms with Crippen LogP contribution in [0.2, 0.25) is 0 Å². The Morgan fingerprint density at radius 1 is 1.54 bits per heavy atom. The Labute approximate surface area is 75.4 Å². The third-order valence-electron chi connectivity index (χ3n) is 1.55. The van der Waals surface area contributed by atoms with E-state index in [0.29, 0.717) is 6.54 Å². The van der Waals surface area contributed by atoms with Crippen LogP contribution in [0.15, 0.2) is 6.20 Å². The predicted octanol–water partition coefficient (Wildman–Crippen LogP) is 0.309. The predicted molar refractivity (Wildman–Crippen MR) is 42.7 cm³/mol. The van der Waals surface area contributed by atoms with Gasteiger partial charge >= 0.3 is 16.4 Å². The smallest absolute Gasteiger partial charge is 0.330 e. The van der Waals surface area contributed by atoms with Crippen LogP contribution in [0.5, 0.6) is 11.9 Å². The second-order valence-electron chi connectivity index (χ2n) is 2.63. The van der Waals surface area contributed by atoms with Crippen molar-refractivity contribution in [2.75, 3.05) is 0 Å². The average molecular weight is 204 g/mol. The molecule has 0 spiro atoms. The Hall–Kier alpha value is -1.24. The van der Waals surface area contributed by atoms with Gasteiger partial charge in [0.1, 0.15) is 0 Å². The van der Waals surface area contributed by atoms with Crippen LogP contribution >= 0.6 is 0 Å². The lowest BCUT2D eigenvalue weighted by molar-refractivity contribution is 0.352. The molecule has 2 heterocycles. The summed E-state index contributed by atoms with van der Waals surface area (Å²) in [6.07, 6.45) is 2.37. The second-order valence-corrected chi connectivity index (χ2v) is 3.78. The van der Waals surface area contributed by atoms with Crippen LogP contribution in [-0.2, 0) is 16.9 Å². The van der Waals surface area contributed by atoms with Gasteiger partial charge in [-0.2, -0.15) is 4.98 Å². The molecule has 2 rings (SSSR count). The van der Waals surface area contributed by atoms with Crippen molar-refractivity contribution in [1.29, 1.82) is 0 Å². The van der Waals surface area contributed by atoms with Gasteiger partial charge in [0.05, 0.1) is 6.20 Å². The van der Waals surface area contributed by atoms with Crippen molar-refractivity contribution < 1.29 is 16.8 Å². The quantitative estimate of drug-likeness (QED) is 0.693. The third kappa shape index (κ3) is 1.46. The maximum atomic E-state index is 10.9. The molecular formula is C6H8N2O4S. The van der Waals surface area contributed by atoms with E-state index in [1.807, 2.05) is 6.92 Å². The molecule has 0 amide bonds. The Balaban J connectivity index is 2.39. The van der Waals surface area contributed by atoms with Crippen LogP contribution in [0.3, 0.4) is 0 Å². The van der Waals surface area contributed by atoms with E-state index in [1.165, 1.54) is 6.20 Å². The van der Waals surface area contributed by atoms with E-state index in [2.05, 4.69) is 13.4 Å². The van der Waals surface area contributed by atoms with Crippen molar-refractivity contribution in [2.24, 2.45) is 0 Å². The molecule has 0 atom stereocenters. The zero-order valence-corrected chi connectivity index (χ0v) is 7.74. The molecule has 1 aliphatic heterocycles. The molecule has 72 valence electrons. The first-order valence-electron chi connectivity index (χ1n) is 3.82. The summed E-state index contributed by atoms with van der Waals surface area (Å²) in [6.45, 7) is 2.62. The molecule has 0 radical (unpaired) electrons. The summed E-state index contributed by atoms with van der Waals surface area (Å²) in [5.74, 6) is 0.0645. The fourth-order valence-electron chi connectivity index (χ4n) is 1.10. The van der Waals surface area contributed by atoms with Crippen molar-refractivity contribution in [3.05, 3.63) is 6.20 Å². The highest BCUT2D eigenvalue weighted by molar-refractivity contribution is 7.82. The molecule has 1 aliphatic rings. The molecule has 0 N–H and O–H groups in total. The molecule has 0 aromatic carbocycles. The van der Waals surface area contributed by atoms with Gasteiger partial charge < -0.3 is 8.37 Å². The minimum Gasteiger partial charge on any atom is -0.330 e. The number of hydrogen-bond donors (Lipinski definition) is 0. The first-order chi connectivity index (χ1) is 6.11. The van der Waals surface area contributed by atoms with Crippen LogP contribution in [0, 0.1) is 0 Å². The summed E-state index contributed by atoms with van der Waals surface area (Å²) in [7, 11) is -3.91. The summed E-state index contributed by atoms with van der Waals surface area (Å²) in [4.78, 5) is 3.77. The number of hydrogen-bond acceptors (Lipinski definition) is 5. The van der Waals surface area contributed by atoms with Gasteiger partial charge in [-0.15, -0.1) is 8.42 Å². The van der Waals surface area contributed by atoms with Crippen molar-refractivity contribution in [3.8, 4) is 11.9 Å². The highest BCUT2D eigenvalue weighted by atomic mass is 32.3. The fraction of sp³-hybridized carbons (Fsp3) is 0.500. The average Bonchev–Trinajstić information content (AvgIpc) is 2.26. The van der Waals surface area contributed by atoms with Gasteiger partial charge in [-0.3, -0.25) is 4.57 Å². The summed E-state index contributed by atoms with van der Waals surface area (Å²) >= 11 is 0. The fourth-order valence-corrected chi connectivity index (χ4v) is 1.74. The van der Waals surface area contributed by atoms with Crippen molar-refractivity contribution in [3.63, 3.8) is 0 Å². The highest BCUT2D eigenvalue weighted by Gasteiger charge is 2.28. The molecule has 0 saturated heterocycles. The van der Waals surface area contributed by atoms with Crippen molar-refractivity contribution in [1.82, 2.24) is 9.55 Å². The number of rotatable bonds is 2. The minimum atomic E-state index is -3.91. The number of imidazole rings is 1. The largest absolute Gasteiger partial charge is 0.505 e. The lowest BCUT2D eigenvalue weighted by Gasteiger charge is -2.07. The van der Waals surface area contributed by atoms with Crippen LogP contribution in [-0.4, -0.2) is 18.0 Å². The Bertz CT molecular complexity index is 422. The zero-order valence-electron chi connectivity index (χ0n) is 6.93. The van der Waals surface area contributed by atoms with Crippen LogP contribution in [0.25, 0.3) is 0 Å². The topological polar surface area (TPSA) is 70.4 Å². The molecule has 0 aliphatic carbocycles. The summed E-state index contributed by atoms with van der Waals surface area (Å²) in [5.41, 5.74) is 0. The monoisotopic (exact) mass is 204 g/mol. The van der Waals surface area contributed by atoms with Gasteiger partial charge in [0.2, 0.25) is 0 Å². The van der Waals surface area contributed by atoms with E-state index in [9.17, 15) is 8.42 Å². The van der Waals surface area contributed by atoms with Crippen molar-refractivity contribution >= 4 is 10.4 Å². The molecule has 1 aromatic rings. The third-order valence-corrected chi connectivity index (χ3v) is 2.27. The highest BCUT2D eigenvalue weighted by Crippen LogP contribution is 2.25. The van der Waals surface area contributed by atoms with Gasteiger partial charge in [0, 0.05) is 6.54 Å². The van der Waals surface area contributed by atoms with E-state index in [4.69, 9.17) is 0 Å². The first-order valence-corrected chi connectivity index (χ1v) is 5.15. The maximum Gasteiger partial charge on any atom is 0.505 e. The summed E-state index contributed by atoms with van der Waals surface area (Å²) < 4.78 is 32.3. The van der Waals surface area contributed by atoms with Gasteiger partial charge in [0.15, 0.2) is 0 Å². The van der Waals surface area contributed by atoms with Crippen LogP contribution < -0.4 is 8.37 Å². The number of aryl methyl sites for hydroxylation is 1. The van der Waals surface area contributed by atoms with Gasteiger partial charge in [-0.1, -0.05) is 6.92 Å². The molecule has 0 fully saturated rings. The molecule has 13 heavy (non-hydrogen) atoms. The Kier molecular flexibility index (Phi) is 1.69. The van der Waals surface area contributed by atoms with Crippen molar-refractivity contribution in [2.45, 2.75) is 19.9 Å².